The van der Waals surface area contributed by atoms with E-state index < -0.39 is 36.0 Å². The van der Waals surface area contributed by atoms with Gasteiger partial charge in [-0.3, -0.25) is 14.9 Å². The molecule has 0 bridgehead atoms. The maximum absolute atomic E-state index is 13.1. The van der Waals surface area contributed by atoms with Crippen molar-refractivity contribution in [3.63, 3.8) is 0 Å². The minimum atomic E-state index is -1.08. The zero-order valence-electron chi connectivity index (χ0n) is 15.1. The SMILES string of the molecule is CC(C)(C)c1ccc(C(=O)NC(=O)COC(=O)c2cc(F)cc(F)c2)cc1. The van der Waals surface area contributed by atoms with Crippen LogP contribution in [0.15, 0.2) is 42.5 Å². The lowest BCUT2D eigenvalue weighted by molar-refractivity contribution is -0.123. The number of carbonyl (C=O) groups is 3. The van der Waals surface area contributed by atoms with Crippen molar-refractivity contribution in [2.45, 2.75) is 26.2 Å². The molecule has 7 heteroatoms. The molecule has 0 aliphatic rings. The summed E-state index contributed by atoms with van der Waals surface area (Å²) in [6.45, 7) is 5.34. The van der Waals surface area contributed by atoms with Crippen LogP contribution in [0.4, 0.5) is 8.78 Å². The fourth-order valence-corrected chi connectivity index (χ4v) is 2.24. The molecular formula is C20H19F2NO4. The Balaban J connectivity index is 1.91. The number of rotatable bonds is 4. The second-order valence-electron chi connectivity index (χ2n) is 6.94. The molecule has 5 nitrogen and oxygen atoms in total. The van der Waals surface area contributed by atoms with Crippen LogP contribution in [0.2, 0.25) is 0 Å². The Morgan fingerprint density at radius 2 is 1.48 bits per heavy atom. The second-order valence-corrected chi connectivity index (χ2v) is 6.94. The molecule has 2 rings (SSSR count). The third-order valence-electron chi connectivity index (χ3n) is 3.70. The van der Waals surface area contributed by atoms with Gasteiger partial charge in [0.15, 0.2) is 6.61 Å². The normalized spacial score (nSPS) is 11.0. The fraction of sp³-hybridized carbons (Fsp3) is 0.250. The molecule has 142 valence electrons. The average Bonchev–Trinajstić information content (AvgIpc) is 2.58. The lowest BCUT2D eigenvalue weighted by Crippen LogP contribution is -2.34. The zero-order valence-corrected chi connectivity index (χ0v) is 15.1. The summed E-state index contributed by atoms with van der Waals surface area (Å²) in [4.78, 5) is 35.5. The molecule has 0 fully saturated rings. The molecule has 0 aromatic heterocycles. The summed E-state index contributed by atoms with van der Waals surface area (Å²) in [6, 6.07) is 8.93. The quantitative estimate of drug-likeness (QED) is 0.832. The average molecular weight is 375 g/mol. The van der Waals surface area contributed by atoms with Crippen LogP contribution >= 0.6 is 0 Å². The van der Waals surface area contributed by atoms with Crippen LogP contribution in [0.1, 0.15) is 47.1 Å². The van der Waals surface area contributed by atoms with Gasteiger partial charge in [0.05, 0.1) is 5.56 Å². The van der Waals surface area contributed by atoms with E-state index in [-0.39, 0.29) is 16.5 Å². The van der Waals surface area contributed by atoms with Gasteiger partial charge >= 0.3 is 5.97 Å². The monoisotopic (exact) mass is 375 g/mol. The molecular weight excluding hydrogens is 356 g/mol. The summed E-state index contributed by atoms with van der Waals surface area (Å²) in [5.41, 5.74) is 0.857. The fourth-order valence-electron chi connectivity index (χ4n) is 2.24. The van der Waals surface area contributed by atoms with Crippen molar-refractivity contribution in [2.24, 2.45) is 0 Å². The topological polar surface area (TPSA) is 72.5 Å². The first kappa shape index (κ1) is 20.2. The van der Waals surface area contributed by atoms with Gasteiger partial charge in [-0.15, -0.1) is 0 Å². The molecule has 0 atom stereocenters. The van der Waals surface area contributed by atoms with E-state index >= 15 is 0 Å². The number of carbonyl (C=O) groups excluding carboxylic acids is 3. The predicted octanol–water partition coefficient (Wildman–Crippen LogP) is 3.38. The van der Waals surface area contributed by atoms with E-state index in [1.165, 1.54) is 0 Å². The van der Waals surface area contributed by atoms with Crippen molar-refractivity contribution in [1.82, 2.24) is 5.32 Å². The molecule has 0 unspecified atom stereocenters. The Morgan fingerprint density at radius 1 is 0.926 bits per heavy atom. The van der Waals surface area contributed by atoms with Crippen LogP contribution in [0, 0.1) is 11.6 Å². The van der Waals surface area contributed by atoms with Crippen LogP contribution in [-0.2, 0) is 14.9 Å². The summed E-state index contributed by atoms with van der Waals surface area (Å²) in [5.74, 6) is -4.47. The minimum absolute atomic E-state index is 0.0740. The maximum atomic E-state index is 13.1. The number of hydrogen-bond acceptors (Lipinski definition) is 4. The van der Waals surface area contributed by atoms with E-state index in [1.54, 1.807) is 24.3 Å². The Bertz CT molecular complexity index is 850. The van der Waals surface area contributed by atoms with E-state index in [4.69, 9.17) is 0 Å². The van der Waals surface area contributed by atoms with Crippen LogP contribution in [0.3, 0.4) is 0 Å². The number of nitrogens with one attached hydrogen (secondary N) is 1. The highest BCUT2D eigenvalue weighted by molar-refractivity contribution is 6.05. The highest BCUT2D eigenvalue weighted by Crippen LogP contribution is 2.22. The molecule has 0 saturated heterocycles. The van der Waals surface area contributed by atoms with Crippen LogP contribution in [0.5, 0.6) is 0 Å². The number of imide groups is 1. The smallest absolute Gasteiger partial charge is 0.338 e. The molecule has 2 aromatic rings. The number of halogens is 2. The Kier molecular flexibility index (Phi) is 6.05. The number of amides is 2. The van der Waals surface area contributed by atoms with Crippen molar-refractivity contribution >= 4 is 17.8 Å². The van der Waals surface area contributed by atoms with Crippen LogP contribution in [0.25, 0.3) is 0 Å². The first-order chi connectivity index (χ1) is 12.6. The van der Waals surface area contributed by atoms with Gasteiger partial charge in [0, 0.05) is 11.6 Å². The molecule has 0 saturated carbocycles. The summed E-state index contributed by atoms with van der Waals surface area (Å²) in [7, 11) is 0. The Labute approximate surface area is 155 Å². The molecule has 0 spiro atoms. The summed E-state index contributed by atoms with van der Waals surface area (Å²) >= 11 is 0. The third-order valence-corrected chi connectivity index (χ3v) is 3.70. The standard InChI is InChI=1S/C20H19F2NO4/c1-20(2,3)14-6-4-12(5-7-14)18(25)23-17(24)11-27-19(26)13-8-15(21)10-16(22)9-13/h4-10H,11H2,1-3H3,(H,23,24,25). The van der Waals surface area contributed by atoms with Crippen molar-refractivity contribution in [2.75, 3.05) is 6.61 Å². The highest BCUT2D eigenvalue weighted by atomic mass is 19.1. The molecule has 27 heavy (non-hydrogen) atoms. The van der Waals surface area contributed by atoms with Crippen LogP contribution < -0.4 is 5.32 Å². The largest absolute Gasteiger partial charge is 0.452 e. The number of hydrogen-bond donors (Lipinski definition) is 1. The first-order valence-corrected chi connectivity index (χ1v) is 8.14. The lowest BCUT2D eigenvalue weighted by Gasteiger charge is -2.19. The van der Waals surface area contributed by atoms with E-state index in [0.717, 1.165) is 17.7 Å². The summed E-state index contributed by atoms with van der Waals surface area (Å²) < 4.78 is 30.8. The molecule has 0 aliphatic heterocycles. The van der Waals surface area contributed by atoms with Gasteiger partial charge in [0.1, 0.15) is 11.6 Å². The first-order valence-electron chi connectivity index (χ1n) is 8.14. The van der Waals surface area contributed by atoms with Gasteiger partial charge in [-0.2, -0.15) is 0 Å². The van der Waals surface area contributed by atoms with E-state index in [1.807, 2.05) is 20.8 Å². The van der Waals surface area contributed by atoms with E-state index in [2.05, 4.69) is 10.1 Å². The Hall–Kier alpha value is -3.09. The van der Waals surface area contributed by atoms with E-state index in [0.29, 0.717) is 6.07 Å². The maximum Gasteiger partial charge on any atom is 0.338 e. The molecule has 2 aromatic carbocycles. The number of benzene rings is 2. The molecule has 0 aliphatic carbocycles. The highest BCUT2D eigenvalue weighted by Gasteiger charge is 2.17. The van der Waals surface area contributed by atoms with Gasteiger partial charge in [0.25, 0.3) is 11.8 Å². The van der Waals surface area contributed by atoms with Gasteiger partial charge in [-0.25, -0.2) is 13.6 Å². The Morgan fingerprint density at radius 3 is 2.00 bits per heavy atom. The van der Waals surface area contributed by atoms with Gasteiger partial charge < -0.3 is 4.74 Å². The van der Waals surface area contributed by atoms with Crippen molar-refractivity contribution in [3.8, 4) is 0 Å². The number of esters is 1. The summed E-state index contributed by atoms with van der Waals surface area (Å²) in [5, 5.41) is 2.08. The van der Waals surface area contributed by atoms with Crippen LogP contribution in [-0.4, -0.2) is 24.4 Å². The van der Waals surface area contributed by atoms with Crippen molar-refractivity contribution in [1.29, 1.82) is 0 Å². The molecule has 2 amide bonds. The third kappa shape index (κ3) is 5.70. The predicted molar refractivity (Wildman–Crippen MR) is 94.3 cm³/mol. The zero-order chi connectivity index (χ0) is 20.2. The minimum Gasteiger partial charge on any atom is -0.452 e. The molecule has 1 N–H and O–H groups in total. The second kappa shape index (κ2) is 8.07. The van der Waals surface area contributed by atoms with Crippen molar-refractivity contribution < 1.29 is 27.9 Å². The van der Waals surface area contributed by atoms with Crippen molar-refractivity contribution in [3.05, 3.63) is 70.8 Å². The van der Waals surface area contributed by atoms with Gasteiger partial charge in [-0.1, -0.05) is 32.9 Å². The summed E-state index contributed by atoms with van der Waals surface area (Å²) in [6.07, 6.45) is 0. The lowest BCUT2D eigenvalue weighted by atomic mass is 9.87. The van der Waals surface area contributed by atoms with Gasteiger partial charge in [0.2, 0.25) is 0 Å². The molecule has 0 radical (unpaired) electrons. The number of ether oxygens (including phenoxy) is 1. The van der Waals surface area contributed by atoms with Gasteiger partial charge in [-0.05, 0) is 35.2 Å². The molecule has 0 heterocycles. The van der Waals surface area contributed by atoms with E-state index in [9.17, 15) is 23.2 Å².